The highest BCUT2D eigenvalue weighted by Gasteiger charge is 2.50. The maximum absolute atomic E-state index is 13.4. The maximum atomic E-state index is 13.4. The van der Waals surface area contributed by atoms with E-state index < -0.39 is 35.6 Å². The van der Waals surface area contributed by atoms with Gasteiger partial charge in [0, 0.05) is 0 Å². The predicted molar refractivity (Wildman–Crippen MR) is 106 cm³/mol. The van der Waals surface area contributed by atoms with Crippen LogP contribution in [0.1, 0.15) is 20.3 Å². The molecule has 0 aromatic heterocycles. The summed E-state index contributed by atoms with van der Waals surface area (Å²) in [5, 5.41) is 8.92. The molecule has 6 nitrogen and oxygen atoms in total. The lowest BCUT2D eigenvalue weighted by Crippen LogP contribution is -2.42. The summed E-state index contributed by atoms with van der Waals surface area (Å²) in [7, 11) is -8.71. The summed E-state index contributed by atoms with van der Waals surface area (Å²) in [5.41, 5.74) is 0. The van der Waals surface area contributed by atoms with Crippen LogP contribution < -0.4 is 0 Å². The van der Waals surface area contributed by atoms with Gasteiger partial charge in [0.1, 0.15) is 0 Å². The van der Waals surface area contributed by atoms with Gasteiger partial charge in [-0.15, -0.1) is 0 Å². The van der Waals surface area contributed by atoms with Gasteiger partial charge in [-0.1, -0.05) is 55.5 Å². The molecule has 0 unspecified atom stereocenters. The van der Waals surface area contributed by atoms with Crippen LogP contribution in [0.15, 0.2) is 82.6 Å². The Morgan fingerprint density at radius 1 is 0.929 bits per heavy atom. The second kappa shape index (κ2) is 8.28. The van der Waals surface area contributed by atoms with Crippen molar-refractivity contribution in [3.63, 3.8) is 0 Å². The summed E-state index contributed by atoms with van der Waals surface area (Å²) < 4.78 is 51.1. The van der Waals surface area contributed by atoms with E-state index >= 15 is 0 Å². The van der Waals surface area contributed by atoms with Crippen molar-refractivity contribution in [2.24, 2.45) is 5.92 Å². The van der Waals surface area contributed by atoms with Crippen LogP contribution in [-0.2, 0) is 24.5 Å². The number of rotatable bonds is 8. The van der Waals surface area contributed by atoms with Gasteiger partial charge in [-0.05, 0) is 37.1 Å². The van der Waals surface area contributed by atoms with E-state index in [0.29, 0.717) is 0 Å². The van der Waals surface area contributed by atoms with Gasteiger partial charge in [0.25, 0.3) is 0 Å². The van der Waals surface area contributed by atoms with Crippen molar-refractivity contribution >= 4 is 25.6 Å². The average molecular weight is 423 g/mol. The van der Waals surface area contributed by atoms with E-state index in [0.717, 1.165) is 13.0 Å². The Balaban J connectivity index is 2.69. The first-order chi connectivity index (χ1) is 13.0. The number of hydrogen-bond donors (Lipinski definition) is 1. The SMILES string of the molecule is C[C@H](/C=C/C(C)(S(=O)(=O)c1ccccc1)S(=O)(=O)c1ccccc1)CC(=O)O. The molecule has 0 aliphatic rings. The Hall–Kier alpha value is -2.45. The van der Waals surface area contributed by atoms with Crippen molar-refractivity contribution in [1.82, 2.24) is 0 Å². The Kier molecular flexibility index (Phi) is 6.46. The van der Waals surface area contributed by atoms with Gasteiger partial charge in [-0.3, -0.25) is 4.79 Å². The van der Waals surface area contributed by atoms with Gasteiger partial charge in [0.2, 0.25) is 19.7 Å². The number of allylic oxidation sites excluding steroid dienone is 1. The van der Waals surface area contributed by atoms with Crippen LogP contribution in [0.2, 0.25) is 0 Å². The van der Waals surface area contributed by atoms with Gasteiger partial charge < -0.3 is 5.11 Å². The van der Waals surface area contributed by atoms with Crippen molar-refractivity contribution in [2.75, 3.05) is 0 Å². The zero-order valence-corrected chi connectivity index (χ0v) is 17.2. The first-order valence-electron chi connectivity index (χ1n) is 8.53. The van der Waals surface area contributed by atoms with Crippen molar-refractivity contribution in [2.45, 2.75) is 34.1 Å². The summed E-state index contributed by atoms with van der Waals surface area (Å²) in [6.45, 7) is 2.71. The highest BCUT2D eigenvalue weighted by molar-refractivity contribution is 8.10. The Bertz CT molecular complexity index is 987. The third kappa shape index (κ3) is 4.18. The molecule has 2 aromatic rings. The molecule has 0 fully saturated rings. The fourth-order valence-electron chi connectivity index (χ4n) is 2.67. The molecule has 1 atom stereocenters. The average Bonchev–Trinajstić information content (AvgIpc) is 2.66. The van der Waals surface area contributed by atoms with Crippen molar-refractivity contribution in [3.8, 4) is 0 Å². The van der Waals surface area contributed by atoms with Crippen molar-refractivity contribution in [1.29, 1.82) is 0 Å². The lowest BCUT2D eigenvalue weighted by Gasteiger charge is -2.27. The number of hydrogen-bond acceptors (Lipinski definition) is 5. The molecule has 0 aliphatic carbocycles. The summed E-state index contributed by atoms with van der Waals surface area (Å²) in [6, 6.07) is 14.7. The minimum absolute atomic E-state index is 0.132. The van der Waals surface area contributed by atoms with Crippen LogP contribution in [0.5, 0.6) is 0 Å². The number of sulfone groups is 2. The van der Waals surface area contributed by atoms with Crippen LogP contribution in [0.3, 0.4) is 0 Å². The third-order valence-corrected chi connectivity index (χ3v) is 9.91. The summed E-state index contributed by atoms with van der Waals surface area (Å²) >= 11 is 0. The van der Waals surface area contributed by atoms with Crippen LogP contribution >= 0.6 is 0 Å². The molecule has 8 heteroatoms. The van der Waals surface area contributed by atoms with E-state index in [2.05, 4.69) is 0 Å². The first kappa shape index (κ1) is 21.8. The van der Waals surface area contributed by atoms with Crippen LogP contribution in [0, 0.1) is 5.92 Å². The summed E-state index contributed by atoms with van der Waals surface area (Å²) in [6.07, 6.45) is 2.17. The molecule has 0 radical (unpaired) electrons. The molecule has 0 spiro atoms. The van der Waals surface area contributed by atoms with E-state index in [-0.39, 0.29) is 16.2 Å². The second-order valence-corrected chi connectivity index (χ2v) is 11.5. The minimum atomic E-state index is -4.35. The Morgan fingerprint density at radius 2 is 1.32 bits per heavy atom. The van der Waals surface area contributed by atoms with Crippen molar-refractivity contribution in [3.05, 3.63) is 72.8 Å². The van der Waals surface area contributed by atoms with Gasteiger partial charge in [0.15, 0.2) is 4.08 Å². The standard InChI is InChI=1S/C20H22O6S2/c1-16(15-19(21)22)13-14-20(2,27(23,24)17-9-5-3-6-10-17)28(25,26)18-11-7-4-8-12-18/h3-14,16H,15H2,1-2H3,(H,21,22)/b14-13+/t16-/m1/s1. The second-order valence-electron chi connectivity index (χ2n) is 6.58. The highest BCUT2D eigenvalue weighted by Crippen LogP contribution is 2.37. The van der Waals surface area contributed by atoms with E-state index in [1.54, 1.807) is 19.1 Å². The minimum Gasteiger partial charge on any atom is -0.481 e. The molecule has 0 heterocycles. The fourth-order valence-corrected chi connectivity index (χ4v) is 6.89. The van der Waals surface area contributed by atoms with Crippen LogP contribution in [0.4, 0.5) is 0 Å². The van der Waals surface area contributed by atoms with Gasteiger partial charge in [-0.25, -0.2) is 16.8 Å². The van der Waals surface area contributed by atoms with E-state index in [1.165, 1.54) is 54.6 Å². The zero-order valence-electron chi connectivity index (χ0n) is 15.5. The highest BCUT2D eigenvalue weighted by atomic mass is 32.3. The molecule has 1 N–H and O–H groups in total. The van der Waals surface area contributed by atoms with Crippen LogP contribution in [0.25, 0.3) is 0 Å². The Morgan fingerprint density at radius 3 is 1.68 bits per heavy atom. The lowest BCUT2D eigenvalue weighted by molar-refractivity contribution is -0.137. The molecule has 0 saturated carbocycles. The van der Waals surface area contributed by atoms with E-state index in [4.69, 9.17) is 5.11 Å². The lowest BCUT2D eigenvalue weighted by atomic mass is 10.1. The fraction of sp³-hybridized carbons (Fsp3) is 0.250. The largest absolute Gasteiger partial charge is 0.481 e. The quantitative estimate of drug-likeness (QED) is 0.654. The Labute approximate surface area is 165 Å². The van der Waals surface area contributed by atoms with E-state index in [9.17, 15) is 21.6 Å². The van der Waals surface area contributed by atoms with Gasteiger partial charge >= 0.3 is 5.97 Å². The smallest absolute Gasteiger partial charge is 0.303 e. The number of benzene rings is 2. The molecule has 0 saturated heterocycles. The summed E-state index contributed by atoms with van der Waals surface area (Å²) in [4.78, 5) is 10.6. The third-order valence-electron chi connectivity index (χ3n) is 4.40. The molecule has 0 bridgehead atoms. The van der Waals surface area contributed by atoms with Gasteiger partial charge in [0.05, 0.1) is 16.2 Å². The van der Waals surface area contributed by atoms with E-state index in [1.807, 2.05) is 0 Å². The molecule has 0 aliphatic heterocycles. The molecule has 0 amide bonds. The topological polar surface area (TPSA) is 106 Å². The molecule has 2 aromatic carbocycles. The molecule has 150 valence electrons. The normalized spacial score (nSPS) is 14.1. The molecular weight excluding hydrogens is 400 g/mol. The van der Waals surface area contributed by atoms with Gasteiger partial charge in [-0.2, -0.15) is 0 Å². The number of carbonyl (C=O) groups is 1. The molecule has 28 heavy (non-hydrogen) atoms. The van der Waals surface area contributed by atoms with Crippen LogP contribution in [-0.4, -0.2) is 32.0 Å². The van der Waals surface area contributed by atoms with Crippen molar-refractivity contribution < 1.29 is 26.7 Å². The number of carboxylic acid groups (broad SMARTS) is 1. The maximum Gasteiger partial charge on any atom is 0.303 e. The summed E-state index contributed by atoms with van der Waals surface area (Å²) in [5.74, 6) is -1.61. The zero-order chi connectivity index (χ0) is 21.0. The predicted octanol–water partition coefficient (Wildman–Crippen LogP) is 3.32. The monoisotopic (exact) mass is 422 g/mol. The number of carboxylic acids is 1. The first-order valence-corrected chi connectivity index (χ1v) is 11.5. The molecule has 2 rings (SSSR count). The molecular formula is C20H22O6S2. The number of aliphatic carboxylic acids is 1.